The van der Waals surface area contributed by atoms with Gasteiger partial charge in [0, 0.05) is 18.2 Å². The van der Waals surface area contributed by atoms with E-state index in [1.165, 1.54) is 24.0 Å². The minimum atomic E-state index is 0.152. The van der Waals surface area contributed by atoms with Crippen molar-refractivity contribution in [1.82, 2.24) is 0 Å². The quantitative estimate of drug-likeness (QED) is 0.777. The number of hydrogen-bond acceptors (Lipinski definition) is 2. The van der Waals surface area contributed by atoms with Crippen LogP contribution in [-0.4, -0.2) is 18.5 Å². The number of nitrogens with zero attached hydrogens (tertiary/aromatic N) is 1. The van der Waals surface area contributed by atoms with Crippen LogP contribution < -0.4 is 0 Å². The number of hydrogen-bond donors (Lipinski definition) is 0. The molecular formula is C15H15NO. The van der Waals surface area contributed by atoms with E-state index >= 15 is 0 Å². The first-order chi connectivity index (χ1) is 8.33. The summed E-state index contributed by atoms with van der Waals surface area (Å²) in [6.45, 7) is 0.311. The highest BCUT2D eigenvalue weighted by atomic mass is 16.1. The van der Waals surface area contributed by atoms with Gasteiger partial charge in [0.15, 0.2) is 5.78 Å². The van der Waals surface area contributed by atoms with Gasteiger partial charge in [-0.15, -0.1) is 0 Å². The van der Waals surface area contributed by atoms with E-state index in [4.69, 9.17) is 0 Å². The third kappa shape index (κ3) is 2.36. The molecular weight excluding hydrogens is 210 g/mol. The molecule has 17 heavy (non-hydrogen) atoms. The van der Waals surface area contributed by atoms with Crippen molar-refractivity contribution >= 4 is 12.0 Å². The predicted octanol–water partition coefficient (Wildman–Crippen LogP) is 2.69. The molecule has 0 unspecified atom stereocenters. The van der Waals surface area contributed by atoms with Gasteiger partial charge in [0.2, 0.25) is 0 Å². The largest absolute Gasteiger partial charge is 0.292 e. The molecule has 2 nitrogen and oxygen atoms in total. The Bertz CT molecular complexity index is 492. The maximum atomic E-state index is 11.6. The monoisotopic (exact) mass is 225 g/mol. The van der Waals surface area contributed by atoms with Gasteiger partial charge in [-0.2, -0.15) is 0 Å². The van der Waals surface area contributed by atoms with Crippen molar-refractivity contribution < 1.29 is 4.79 Å². The molecule has 3 rings (SSSR count). The molecule has 0 aromatic heterocycles. The van der Waals surface area contributed by atoms with Gasteiger partial charge in [-0.1, -0.05) is 24.3 Å². The molecule has 1 aliphatic heterocycles. The van der Waals surface area contributed by atoms with Gasteiger partial charge in [-0.3, -0.25) is 9.79 Å². The highest BCUT2D eigenvalue weighted by Gasteiger charge is 2.23. The van der Waals surface area contributed by atoms with Crippen molar-refractivity contribution in [1.29, 1.82) is 0 Å². The van der Waals surface area contributed by atoms with Crippen LogP contribution in [0.1, 0.15) is 29.9 Å². The molecule has 2 aliphatic rings. The van der Waals surface area contributed by atoms with Crippen LogP contribution in [0.3, 0.4) is 0 Å². The summed E-state index contributed by atoms with van der Waals surface area (Å²) in [4.78, 5) is 15.5. The summed E-state index contributed by atoms with van der Waals surface area (Å²) in [6.07, 6.45) is 6.96. The maximum Gasteiger partial charge on any atom is 0.180 e. The van der Waals surface area contributed by atoms with E-state index in [0.29, 0.717) is 6.54 Å². The third-order valence-corrected chi connectivity index (χ3v) is 3.40. The van der Waals surface area contributed by atoms with E-state index in [-0.39, 0.29) is 5.78 Å². The zero-order valence-corrected chi connectivity index (χ0v) is 9.73. The molecule has 1 fully saturated rings. The fourth-order valence-electron chi connectivity index (χ4n) is 2.17. The number of benzene rings is 1. The molecule has 2 heteroatoms. The minimum absolute atomic E-state index is 0.152. The van der Waals surface area contributed by atoms with Crippen molar-refractivity contribution in [2.75, 3.05) is 6.54 Å². The Morgan fingerprint density at radius 2 is 1.94 bits per heavy atom. The number of carbonyl (C=O) groups excluding carboxylic acids is 1. The summed E-state index contributed by atoms with van der Waals surface area (Å²) in [6, 6.07) is 8.70. The highest BCUT2D eigenvalue weighted by Crippen LogP contribution is 2.39. The van der Waals surface area contributed by atoms with Crippen LogP contribution in [0.4, 0.5) is 0 Å². The zero-order chi connectivity index (χ0) is 11.7. The first-order valence-electron chi connectivity index (χ1n) is 6.14. The Hall–Kier alpha value is -1.70. The smallest absolute Gasteiger partial charge is 0.180 e. The number of dihydropyridines is 1. The lowest BCUT2D eigenvalue weighted by molar-refractivity contribution is -0.114. The molecule has 1 aromatic carbocycles. The molecule has 0 N–H and O–H groups in total. The van der Waals surface area contributed by atoms with Gasteiger partial charge in [-0.25, -0.2) is 0 Å². The number of carbonyl (C=O) groups is 1. The summed E-state index contributed by atoms with van der Waals surface area (Å²) in [5.41, 5.74) is 3.53. The first-order valence-corrected chi connectivity index (χ1v) is 6.14. The van der Waals surface area contributed by atoms with Crippen LogP contribution in [0.15, 0.2) is 40.9 Å². The summed E-state index contributed by atoms with van der Waals surface area (Å²) in [5, 5.41) is 0. The topological polar surface area (TPSA) is 29.4 Å². The standard InChI is InChI=1S/C15H15NO/c17-15-10-16-8-7-14(15)9-11-1-3-12(4-2-11)13-5-6-13/h1-4,7-8,13H,5-6,9-10H2. The van der Waals surface area contributed by atoms with E-state index < -0.39 is 0 Å². The van der Waals surface area contributed by atoms with Crippen LogP contribution >= 0.6 is 0 Å². The lowest BCUT2D eigenvalue weighted by Gasteiger charge is -2.08. The Kier molecular flexibility index (Phi) is 2.63. The second kappa shape index (κ2) is 4.28. The van der Waals surface area contributed by atoms with Crippen LogP contribution in [-0.2, 0) is 11.2 Å². The molecule has 0 radical (unpaired) electrons. The number of rotatable bonds is 3. The third-order valence-electron chi connectivity index (χ3n) is 3.40. The molecule has 0 amide bonds. The van der Waals surface area contributed by atoms with Gasteiger partial charge >= 0.3 is 0 Å². The Morgan fingerprint density at radius 3 is 2.59 bits per heavy atom. The Morgan fingerprint density at radius 1 is 1.18 bits per heavy atom. The van der Waals surface area contributed by atoms with Crippen molar-refractivity contribution in [3.63, 3.8) is 0 Å². The SMILES string of the molecule is O=C1CN=CC=C1Cc1ccc(C2CC2)cc1. The van der Waals surface area contributed by atoms with E-state index in [0.717, 1.165) is 17.9 Å². The molecule has 86 valence electrons. The molecule has 0 atom stereocenters. The predicted molar refractivity (Wildman–Crippen MR) is 68.6 cm³/mol. The van der Waals surface area contributed by atoms with Crippen molar-refractivity contribution in [2.45, 2.75) is 25.2 Å². The molecule has 0 spiro atoms. The minimum Gasteiger partial charge on any atom is -0.292 e. The fraction of sp³-hybridized carbons (Fsp3) is 0.333. The molecule has 1 aromatic rings. The molecule has 1 heterocycles. The number of ketones is 1. The van der Waals surface area contributed by atoms with E-state index in [9.17, 15) is 4.79 Å². The molecule has 0 bridgehead atoms. The van der Waals surface area contributed by atoms with E-state index in [2.05, 4.69) is 29.3 Å². The average Bonchev–Trinajstić information content (AvgIpc) is 3.17. The number of Topliss-reactive ketones (excluding diaryl/α,β-unsaturated/α-hetero) is 1. The summed E-state index contributed by atoms with van der Waals surface area (Å²) < 4.78 is 0. The van der Waals surface area contributed by atoms with Crippen LogP contribution in [0.2, 0.25) is 0 Å². The lowest BCUT2D eigenvalue weighted by Crippen LogP contribution is -2.12. The van der Waals surface area contributed by atoms with Crippen LogP contribution in [0.25, 0.3) is 0 Å². The van der Waals surface area contributed by atoms with Crippen molar-refractivity contribution in [3.05, 3.63) is 47.0 Å². The lowest BCUT2D eigenvalue weighted by atomic mass is 9.98. The van der Waals surface area contributed by atoms with Gasteiger partial charge in [0.05, 0.1) is 0 Å². The summed E-state index contributed by atoms with van der Waals surface area (Å²) >= 11 is 0. The van der Waals surface area contributed by atoms with E-state index in [1.807, 2.05) is 6.08 Å². The van der Waals surface area contributed by atoms with E-state index in [1.54, 1.807) is 6.21 Å². The van der Waals surface area contributed by atoms with Crippen molar-refractivity contribution in [2.24, 2.45) is 4.99 Å². The number of allylic oxidation sites excluding steroid dienone is 1. The zero-order valence-electron chi connectivity index (χ0n) is 9.73. The fourth-order valence-corrected chi connectivity index (χ4v) is 2.17. The van der Waals surface area contributed by atoms with Crippen LogP contribution in [0.5, 0.6) is 0 Å². The Labute approximate surface area is 101 Å². The van der Waals surface area contributed by atoms with Crippen LogP contribution in [0, 0.1) is 0 Å². The van der Waals surface area contributed by atoms with Gasteiger partial charge in [0.1, 0.15) is 6.54 Å². The molecule has 1 aliphatic carbocycles. The average molecular weight is 225 g/mol. The molecule has 0 saturated heterocycles. The summed E-state index contributed by atoms with van der Waals surface area (Å²) in [5.74, 6) is 0.950. The first kappa shape index (κ1) is 10.5. The maximum absolute atomic E-state index is 11.6. The second-order valence-electron chi connectivity index (χ2n) is 4.80. The van der Waals surface area contributed by atoms with Gasteiger partial charge in [-0.05, 0) is 36.0 Å². The second-order valence-corrected chi connectivity index (χ2v) is 4.80. The van der Waals surface area contributed by atoms with Crippen molar-refractivity contribution in [3.8, 4) is 0 Å². The summed E-state index contributed by atoms with van der Waals surface area (Å²) in [7, 11) is 0. The van der Waals surface area contributed by atoms with Gasteiger partial charge < -0.3 is 0 Å². The molecule has 1 saturated carbocycles. The Balaban J connectivity index is 1.74. The van der Waals surface area contributed by atoms with Gasteiger partial charge in [0.25, 0.3) is 0 Å². The highest BCUT2D eigenvalue weighted by molar-refractivity contribution is 6.03. The normalized spacial score (nSPS) is 19.3. The number of aliphatic imine (C=N–C) groups is 1.